The van der Waals surface area contributed by atoms with Crippen molar-refractivity contribution < 1.29 is 0 Å². The molecule has 1 heterocycles. The molecular weight excluding hydrogens is 254 g/mol. The van der Waals surface area contributed by atoms with E-state index in [1.165, 1.54) is 12.8 Å². The van der Waals surface area contributed by atoms with Gasteiger partial charge in [-0.3, -0.25) is 0 Å². The first kappa shape index (κ1) is 14.8. The van der Waals surface area contributed by atoms with E-state index in [1.54, 1.807) is 11.8 Å². The lowest BCUT2D eigenvalue weighted by Gasteiger charge is -2.40. The van der Waals surface area contributed by atoms with Gasteiger partial charge in [0.25, 0.3) is 0 Å². The molecule has 3 nitrogen and oxygen atoms in total. The van der Waals surface area contributed by atoms with E-state index in [-0.39, 0.29) is 6.04 Å². The third-order valence-electron chi connectivity index (χ3n) is 4.08. The van der Waals surface area contributed by atoms with Gasteiger partial charge in [-0.25, -0.2) is 9.97 Å². The number of nitrogens with two attached hydrogens (primary N) is 1. The highest BCUT2D eigenvalue weighted by Crippen LogP contribution is 2.42. The van der Waals surface area contributed by atoms with Crippen molar-refractivity contribution in [2.75, 3.05) is 0 Å². The van der Waals surface area contributed by atoms with Crippen LogP contribution < -0.4 is 5.73 Å². The minimum Gasteiger partial charge on any atom is -0.327 e. The predicted octanol–water partition coefficient (Wildman–Crippen LogP) is 3.42. The van der Waals surface area contributed by atoms with E-state index >= 15 is 0 Å². The summed E-state index contributed by atoms with van der Waals surface area (Å²) in [6, 6.07) is 0.272. The van der Waals surface area contributed by atoms with Gasteiger partial charge in [-0.15, -0.1) is 0 Å². The van der Waals surface area contributed by atoms with Gasteiger partial charge in [0, 0.05) is 23.7 Å². The van der Waals surface area contributed by atoms with Crippen LogP contribution in [0.1, 0.15) is 45.6 Å². The van der Waals surface area contributed by atoms with Gasteiger partial charge in [0.05, 0.1) is 0 Å². The van der Waals surface area contributed by atoms with E-state index in [0.29, 0.717) is 10.7 Å². The third kappa shape index (κ3) is 3.93. The number of hydrogen-bond acceptors (Lipinski definition) is 4. The van der Waals surface area contributed by atoms with Gasteiger partial charge in [0.1, 0.15) is 0 Å². The fourth-order valence-corrected chi connectivity index (χ4v) is 3.79. The van der Waals surface area contributed by atoms with Crippen molar-refractivity contribution in [1.82, 2.24) is 9.97 Å². The summed E-state index contributed by atoms with van der Waals surface area (Å²) in [4.78, 5) is 8.78. The van der Waals surface area contributed by atoms with Crippen LogP contribution in [0.4, 0.5) is 0 Å². The van der Waals surface area contributed by atoms with Gasteiger partial charge >= 0.3 is 0 Å². The fourth-order valence-electron chi connectivity index (χ4n) is 2.65. The minimum atomic E-state index is 0.272. The average molecular weight is 279 g/mol. The van der Waals surface area contributed by atoms with Gasteiger partial charge in [-0.05, 0) is 43.1 Å². The van der Waals surface area contributed by atoms with Crippen molar-refractivity contribution in [2.24, 2.45) is 17.1 Å². The Bertz CT molecular complexity index is 410. The average Bonchev–Trinajstić information content (AvgIpc) is 2.33. The summed E-state index contributed by atoms with van der Waals surface area (Å²) in [7, 11) is 0. The second-order valence-corrected chi connectivity index (χ2v) is 7.95. The zero-order valence-corrected chi connectivity index (χ0v) is 13.2. The topological polar surface area (TPSA) is 51.8 Å². The highest BCUT2D eigenvalue weighted by molar-refractivity contribution is 7.99. The molecule has 1 aliphatic rings. The van der Waals surface area contributed by atoms with Crippen molar-refractivity contribution in [3.05, 3.63) is 18.0 Å². The predicted molar refractivity (Wildman–Crippen MR) is 81.2 cm³/mol. The molecule has 106 valence electrons. The maximum Gasteiger partial charge on any atom is 0.187 e. The molecule has 1 aromatic rings. The van der Waals surface area contributed by atoms with Crippen LogP contribution in [0, 0.1) is 18.3 Å². The van der Waals surface area contributed by atoms with Crippen LogP contribution in [0.15, 0.2) is 17.6 Å². The molecule has 1 fully saturated rings. The summed E-state index contributed by atoms with van der Waals surface area (Å²) < 4.78 is 0. The first-order chi connectivity index (χ1) is 8.86. The van der Waals surface area contributed by atoms with Crippen molar-refractivity contribution in [2.45, 2.75) is 63.4 Å². The van der Waals surface area contributed by atoms with Gasteiger partial charge in [-0.1, -0.05) is 32.5 Å². The maximum absolute atomic E-state index is 6.29. The monoisotopic (exact) mass is 279 g/mol. The van der Waals surface area contributed by atoms with Crippen LogP contribution in [-0.4, -0.2) is 21.3 Å². The summed E-state index contributed by atoms with van der Waals surface area (Å²) in [5.41, 5.74) is 7.76. The SMILES string of the molecule is Cc1cnc(SC2CC(C(C)(C)C)CCC2N)nc1. The van der Waals surface area contributed by atoms with Crippen LogP contribution in [0.2, 0.25) is 0 Å². The van der Waals surface area contributed by atoms with E-state index in [2.05, 4.69) is 30.7 Å². The molecule has 0 saturated heterocycles. The molecule has 1 aromatic heterocycles. The number of thioether (sulfide) groups is 1. The smallest absolute Gasteiger partial charge is 0.187 e. The molecule has 19 heavy (non-hydrogen) atoms. The molecule has 0 radical (unpaired) electrons. The molecule has 0 aliphatic heterocycles. The van der Waals surface area contributed by atoms with Crippen LogP contribution >= 0.6 is 11.8 Å². The number of hydrogen-bond donors (Lipinski definition) is 1. The summed E-state index contributed by atoms with van der Waals surface area (Å²) in [6.07, 6.45) is 7.30. The third-order valence-corrected chi connectivity index (χ3v) is 5.35. The number of rotatable bonds is 2. The van der Waals surface area contributed by atoms with E-state index < -0.39 is 0 Å². The van der Waals surface area contributed by atoms with E-state index in [1.807, 2.05) is 19.3 Å². The van der Waals surface area contributed by atoms with Crippen LogP contribution in [-0.2, 0) is 0 Å². The van der Waals surface area contributed by atoms with E-state index in [0.717, 1.165) is 23.1 Å². The molecule has 0 amide bonds. The molecule has 4 heteroatoms. The Morgan fingerprint density at radius 2 is 1.84 bits per heavy atom. The Morgan fingerprint density at radius 1 is 1.21 bits per heavy atom. The maximum atomic E-state index is 6.29. The van der Waals surface area contributed by atoms with Gasteiger partial charge in [0.15, 0.2) is 5.16 Å². The second kappa shape index (κ2) is 5.80. The summed E-state index contributed by atoms with van der Waals surface area (Å²) in [6.45, 7) is 9.01. The molecule has 2 rings (SSSR count). The van der Waals surface area contributed by atoms with Crippen molar-refractivity contribution in [3.63, 3.8) is 0 Å². The molecule has 1 aliphatic carbocycles. The molecule has 3 atom stereocenters. The molecule has 3 unspecified atom stereocenters. The summed E-state index contributed by atoms with van der Waals surface area (Å²) >= 11 is 1.75. The van der Waals surface area contributed by atoms with Crippen molar-refractivity contribution in [3.8, 4) is 0 Å². The zero-order valence-electron chi connectivity index (χ0n) is 12.4. The molecule has 0 bridgehead atoms. The highest BCUT2D eigenvalue weighted by atomic mass is 32.2. The standard InChI is InChI=1S/C15H25N3S/c1-10-8-17-14(18-9-10)19-13-7-11(15(2,3)4)5-6-12(13)16/h8-9,11-13H,5-7,16H2,1-4H3. The van der Waals surface area contributed by atoms with Gasteiger partial charge in [0.2, 0.25) is 0 Å². The van der Waals surface area contributed by atoms with Crippen molar-refractivity contribution >= 4 is 11.8 Å². The largest absolute Gasteiger partial charge is 0.327 e. The zero-order chi connectivity index (χ0) is 14.0. The normalized spacial score (nSPS) is 28.4. The lowest BCUT2D eigenvalue weighted by atomic mass is 9.71. The van der Waals surface area contributed by atoms with Crippen LogP contribution in [0.5, 0.6) is 0 Å². The Morgan fingerprint density at radius 3 is 2.42 bits per heavy atom. The van der Waals surface area contributed by atoms with Crippen LogP contribution in [0.25, 0.3) is 0 Å². The summed E-state index contributed by atoms with van der Waals surface area (Å²) in [5, 5.41) is 1.31. The van der Waals surface area contributed by atoms with Gasteiger partial charge < -0.3 is 5.73 Å². The molecular formula is C15H25N3S. The van der Waals surface area contributed by atoms with Gasteiger partial charge in [-0.2, -0.15) is 0 Å². The molecule has 0 spiro atoms. The Labute approximate surface area is 120 Å². The number of aromatic nitrogens is 2. The summed E-state index contributed by atoms with van der Waals surface area (Å²) in [5.74, 6) is 0.746. The first-order valence-electron chi connectivity index (χ1n) is 7.07. The quantitative estimate of drug-likeness (QED) is 0.843. The van der Waals surface area contributed by atoms with Crippen LogP contribution in [0.3, 0.4) is 0 Å². The fraction of sp³-hybridized carbons (Fsp3) is 0.733. The Hall–Kier alpha value is -0.610. The Kier molecular flexibility index (Phi) is 4.51. The highest BCUT2D eigenvalue weighted by Gasteiger charge is 2.35. The molecule has 1 saturated carbocycles. The lowest BCUT2D eigenvalue weighted by molar-refractivity contribution is 0.174. The Balaban J connectivity index is 2.03. The minimum absolute atomic E-state index is 0.272. The van der Waals surface area contributed by atoms with E-state index in [4.69, 9.17) is 5.73 Å². The van der Waals surface area contributed by atoms with Crippen molar-refractivity contribution in [1.29, 1.82) is 0 Å². The molecule has 0 aromatic carbocycles. The molecule has 2 N–H and O–H groups in total. The number of nitrogens with zero attached hydrogens (tertiary/aromatic N) is 2. The number of aryl methyl sites for hydroxylation is 1. The second-order valence-electron chi connectivity index (χ2n) is 6.74. The first-order valence-corrected chi connectivity index (χ1v) is 7.95. The lowest BCUT2D eigenvalue weighted by Crippen LogP contribution is -2.41. The van der Waals surface area contributed by atoms with E-state index in [9.17, 15) is 0 Å².